The highest BCUT2D eigenvalue weighted by Crippen LogP contribution is 2.26. The summed E-state index contributed by atoms with van der Waals surface area (Å²) in [5, 5.41) is 0.626. The normalized spacial score (nSPS) is 22.5. The molecule has 15 heavy (non-hydrogen) atoms. The molecule has 0 aromatic carbocycles. The van der Waals surface area contributed by atoms with Crippen molar-refractivity contribution in [1.82, 2.24) is 5.06 Å². The van der Waals surface area contributed by atoms with E-state index in [1.54, 1.807) is 0 Å². The zero-order valence-electron chi connectivity index (χ0n) is 8.40. The van der Waals surface area contributed by atoms with E-state index in [9.17, 15) is 14.4 Å². The molecule has 82 valence electrons. The topological polar surface area (TPSA) is 63.7 Å². The summed E-state index contributed by atoms with van der Waals surface area (Å²) in [6.45, 7) is 0. The van der Waals surface area contributed by atoms with Gasteiger partial charge in [0.15, 0.2) is 0 Å². The molecule has 2 fully saturated rings. The Bertz CT molecular complexity index is 291. The molecule has 0 spiro atoms. The Morgan fingerprint density at radius 3 is 2.20 bits per heavy atom. The van der Waals surface area contributed by atoms with E-state index < -0.39 is 17.8 Å². The first kappa shape index (κ1) is 10.1. The molecule has 2 amide bonds. The number of carbonyl (C=O) groups excluding carboxylic acids is 3. The maximum atomic E-state index is 11.5. The van der Waals surface area contributed by atoms with Crippen LogP contribution in [0.15, 0.2) is 0 Å². The predicted molar refractivity (Wildman–Crippen MR) is 49.1 cm³/mol. The van der Waals surface area contributed by atoms with E-state index in [1.165, 1.54) is 0 Å². The van der Waals surface area contributed by atoms with Gasteiger partial charge in [-0.05, 0) is 12.8 Å². The number of imide groups is 1. The molecule has 1 saturated heterocycles. The van der Waals surface area contributed by atoms with Crippen molar-refractivity contribution in [2.24, 2.45) is 5.92 Å². The molecule has 5 heteroatoms. The van der Waals surface area contributed by atoms with E-state index in [2.05, 4.69) is 0 Å². The van der Waals surface area contributed by atoms with Gasteiger partial charge in [0, 0.05) is 12.8 Å². The van der Waals surface area contributed by atoms with Crippen LogP contribution in [0, 0.1) is 5.92 Å². The van der Waals surface area contributed by atoms with Gasteiger partial charge in [-0.25, -0.2) is 4.79 Å². The number of hydrogen-bond donors (Lipinski definition) is 0. The van der Waals surface area contributed by atoms with E-state index >= 15 is 0 Å². The minimum absolute atomic E-state index is 0.133. The van der Waals surface area contributed by atoms with Gasteiger partial charge in [-0.1, -0.05) is 12.8 Å². The third kappa shape index (κ3) is 2.00. The van der Waals surface area contributed by atoms with Gasteiger partial charge in [-0.15, -0.1) is 5.06 Å². The zero-order valence-corrected chi connectivity index (χ0v) is 8.40. The fraction of sp³-hybridized carbons (Fsp3) is 0.700. The summed E-state index contributed by atoms with van der Waals surface area (Å²) in [6.07, 6.45) is 3.93. The Kier molecular flexibility index (Phi) is 2.70. The van der Waals surface area contributed by atoms with Crippen molar-refractivity contribution < 1.29 is 19.2 Å². The first-order valence-corrected chi connectivity index (χ1v) is 5.26. The number of nitrogens with zero attached hydrogens (tertiary/aromatic N) is 1. The van der Waals surface area contributed by atoms with Crippen molar-refractivity contribution in [2.45, 2.75) is 38.5 Å². The minimum atomic E-state index is -0.434. The second kappa shape index (κ2) is 4.00. The highest BCUT2D eigenvalue weighted by atomic mass is 16.7. The summed E-state index contributed by atoms with van der Waals surface area (Å²) < 4.78 is 0. The fourth-order valence-electron chi connectivity index (χ4n) is 1.98. The maximum absolute atomic E-state index is 11.5. The smallest absolute Gasteiger partial charge is 0.330 e. The van der Waals surface area contributed by atoms with Crippen LogP contribution in [0.2, 0.25) is 0 Å². The molecular weight excluding hydrogens is 198 g/mol. The molecule has 2 rings (SSSR count). The van der Waals surface area contributed by atoms with Crippen LogP contribution < -0.4 is 0 Å². The second-order valence-corrected chi connectivity index (χ2v) is 3.97. The number of amides is 2. The SMILES string of the molecule is O=C(ON1C(=O)CCC1=O)C1CCCC1. The Balaban J connectivity index is 1.93. The van der Waals surface area contributed by atoms with Gasteiger partial charge >= 0.3 is 5.97 Å². The van der Waals surface area contributed by atoms with Crippen molar-refractivity contribution in [3.8, 4) is 0 Å². The van der Waals surface area contributed by atoms with Crippen LogP contribution in [0.5, 0.6) is 0 Å². The minimum Gasteiger partial charge on any atom is -0.330 e. The molecule has 0 bridgehead atoms. The molecule has 1 heterocycles. The van der Waals surface area contributed by atoms with Gasteiger partial charge in [-0.3, -0.25) is 9.59 Å². The maximum Gasteiger partial charge on any atom is 0.336 e. The third-order valence-electron chi connectivity index (χ3n) is 2.88. The van der Waals surface area contributed by atoms with Crippen molar-refractivity contribution in [1.29, 1.82) is 0 Å². The van der Waals surface area contributed by atoms with Gasteiger partial charge in [0.25, 0.3) is 11.8 Å². The van der Waals surface area contributed by atoms with E-state index in [1.807, 2.05) is 0 Å². The Morgan fingerprint density at radius 1 is 1.13 bits per heavy atom. The molecule has 5 nitrogen and oxygen atoms in total. The average molecular weight is 211 g/mol. The Labute approximate surface area is 87.3 Å². The van der Waals surface area contributed by atoms with Crippen LogP contribution in [0.25, 0.3) is 0 Å². The summed E-state index contributed by atoms with van der Waals surface area (Å²) in [7, 11) is 0. The summed E-state index contributed by atoms with van der Waals surface area (Å²) >= 11 is 0. The van der Waals surface area contributed by atoms with Gasteiger partial charge in [-0.2, -0.15) is 0 Å². The van der Waals surface area contributed by atoms with Crippen molar-refractivity contribution in [2.75, 3.05) is 0 Å². The molecule has 1 aliphatic carbocycles. The summed E-state index contributed by atoms with van der Waals surface area (Å²) in [6, 6.07) is 0. The van der Waals surface area contributed by atoms with Crippen LogP contribution in [-0.4, -0.2) is 22.8 Å². The Morgan fingerprint density at radius 2 is 1.67 bits per heavy atom. The second-order valence-electron chi connectivity index (χ2n) is 3.97. The Hall–Kier alpha value is -1.39. The van der Waals surface area contributed by atoms with E-state index in [0.717, 1.165) is 25.7 Å². The number of rotatable bonds is 2. The number of hydrogen-bond acceptors (Lipinski definition) is 4. The molecule has 1 saturated carbocycles. The van der Waals surface area contributed by atoms with E-state index in [4.69, 9.17) is 4.84 Å². The largest absolute Gasteiger partial charge is 0.336 e. The van der Waals surface area contributed by atoms with Gasteiger partial charge < -0.3 is 4.84 Å². The number of carbonyl (C=O) groups is 3. The molecule has 0 N–H and O–H groups in total. The lowest BCUT2D eigenvalue weighted by atomic mass is 10.1. The lowest BCUT2D eigenvalue weighted by Crippen LogP contribution is -2.34. The molecule has 0 aromatic rings. The molecule has 0 radical (unpaired) electrons. The van der Waals surface area contributed by atoms with Crippen LogP contribution in [0.4, 0.5) is 0 Å². The monoisotopic (exact) mass is 211 g/mol. The average Bonchev–Trinajstić information content (AvgIpc) is 2.82. The van der Waals surface area contributed by atoms with Crippen molar-refractivity contribution in [3.05, 3.63) is 0 Å². The molecular formula is C10H13NO4. The summed E-state index contributed by atoms with van der Waals surface area (Å²) in [5.41, 5.74) is 0. The molecule has 0 unspecified atom stereocenters. The standard InChI is InChI=1S/C10H13NO4/c12-8-5-6-9(13)11(8)15-10(14)7-3-1-2-4-7/h7H,1-6H2. The third-order valence-corrected chi connectivity index (χ3v) is 2.88. The van der Waals surface area contributed by atoms with Crippen LogP contribution in [0.3, 0.4) is 0 Å². The van der Waals surface area contributed by atoms with Crippen LogP contribution >= 0.6 is 0 Å². The lowest BCUT2D eigenvalue weighted by molar-refractivity contribution is -0.200. The van der Waals surface area contributed by atoms with E-state index in [-0.39, 0.29) is 18.8 Å². The van der Waals surface area contributed by atoms with Crippen LogP contribution in [-0.2, 0) is 19.2 Å². The first-order valence-electron chi connectivity index (χ1n) is 5.26. The highest BCUT2D eigenvalue weighted by Gasteiger charge is 2.35. The molecule has 2 aliphatic rings. The van der Waals surface area contributed by atoms with Gasteiger partial charge in [0.2, 0.25) is 0 Å². The summed E-state index contributed by atoms with van der Waals surface area (Å²) in [4.78, 5) is 38.7. The molecule has 0 atom stereocenters. The van der Waals surface area contributed by atoms with Gasteiger partial charge in [0.1, 0.15) is 0 Å². The zero-order chi connectivity index (χ0) is 10.8. The summed E-state index contributed by atoms with van der Waals surface area (Å²) in [5.74, 6) is -1.39. The predicted octanol–water partition coefficient (Wildman–Crippen LogP) is 0.784. The lowest BCUT2D eigenvalue weighted by Gasteiger charge is -2.15. The van der Waals surface area contributed by atoms with E-state index in [0.29, 0.717) is 5.06 Å². The molecule has 1 aliphatic heterocycles. The van der Waals surface area contributed by atoms with Crippen molar-refractivity contribution >= 4 is 17.8 Å². The quantitative estimate of drug-likeness (QED) is 0.633. The molecule has 0 aromatic heterocycles. The number of hydroxylamine groups is 2. The highest BCUT2D eigenvalue weighted by molar-refractivity contribution is 6.01. The van der Waals surface area contributed by atoms with Gasteiger partial charge in [0.05, 0.1) is 5.92 Å². The fourth-order valence-corrected chi connectivity index (χ4v) is 1.98. The van der Waals surface area contributed by atoms with Crippen LogP contribution in [0.1, 0.15) is 38.5 Å². The first-order chi connectivity index (χ1) is 7.18. The van der Waals surface area contributed by atoms with Crippen molar-refractivity contribution in [3.63, 3.8) is 0 Å².